The molecule has 7 heteroatoms. The molecule has 0 spiro atoms. The van der Waals surface area contributed by atoms with E-state index in [9.17, 15) is 13.6 Å². The van der Waals surface area contributed by atoms with Crippen molar-refractivity contribution < 1.29 is 13.6 Å². The molecule has 4 nitrogen and oxygen atoms in total. The number of thiazole rings is 1. The Balaban J connectivity index is 1.65. The van der Waals surface area contributed by atoms with Gasteiger partial charge in [-0.05, 0) is 30.3 Å². The summed E-state index contributed by atoms with van der Waals surface area (Å²) in [5.41, 5.74) is 1.80. The Kier molecular flexibility index (Phi) is 4.38. The van der Waals surface area contributed by atoms with Gasteiger partial charge >= 0.3 is 0 Å². The number of halogens is 2. The monoisotopic (exact) mass is 331 g/mol. The SMILES string of the molecule is O=C(NCc1nc(-c2ccncc2)cs1)c1ccc(F)c(F)c1. The zero-order chi connectivity index (χ0) is 16.2. The van der Waals surface area contributed by atoms with E-state index >= 15 is 0 Å². The highest BCUT2D eigenvalue weighted by molar-refractivity contribution is 7.09. The highest BCUT2D eigenvalue weighted by Gasteiger charge is 2.11. The van der Waals surface area contributed by atoms with Gasteiger partial charge in [0.05, 0.1) is 12.2 Å². The Hall–Kier alpha value is -2.67. The van der Waals surface area contributed by atoms with Gasteiger partial charge in [0.15, 0.2) is 11.6 Å². The highest BCUT2D eigenvalue weighted by atomic mass is 32.1. The van der Waals surface area contributed by atoms with Gasteiger partial charge in [-0.1, -0.05) is 0 Å². The average Bonchev–Trinajstić information content (AvgIpc) is 3.05. The molecule has 0 saturated heterocycles. The molecule has 0 saturated carbocycles. The number of nitrogens with zero attached hydrogens (tertiary/aromatic N) is 2. The van der Waals surface area contributed by atoms with Gasteiger partial charge in [-0.2, -0.15) is 0 Å². The number of amides is 1. The molecule has 0 atom stereocenters. The van der Waals surface area contributed by atoms with Crippen molar-refractivity contribution in [1.82, 2.24) is 15.3 Å². The molecule has 1 N–H and O–H groups in total. The van der Waals surface area contributed by atoms with Crippen molar-refractivity contribution in [3.63, 3.8) is 0 Å². The maximum Gasteiger partial charge on any atom is 0.251 e. The Morgan fingerprint density at radius 2 is 1.91 bits per heavy atom. The van der Waals surface area contributed by atoms with Gasteiger partial charge < -0.3 is 5.32 Å². The molecule has 116 valence electrons. The summed E-state index contributed by atoms with van der Waals surface area (Å²) in [6, 6.07) is 6.72. The van der Waals surface area contributed by atoms with Crippen LogP contribution in [0.3, 0.4) is 0 Å². The van der Waals surface area contributed by atoms with E-state index in [4.69, 9.17) is 0 Å². The molecule has 2 aromatic heterocycles. The Morgan fingerprint density at radius 3 is 2.65 bits per heavy atom. The fourth-order valence-corrected chi connectivity index (χ4v) is 2.69. The second kappa shape index (κ2) is 6.62. The van der Waals surface area contributed by atoms with E-state index < -0.39 is 17.5 Å². The van der Waals surface area contributed by atoms with Crippen molar-refractivity contribution in [3.05, 3.63) is 70.3 Å². The highest BCUT2D eigenvalue weighted by Crippen LogP contribution is 2.21. The standard InChI is InChI=1S/C16H11F2N3OS/c17-12-2-1-11(7-13(12)18)16(22)20-8-15-21-14(9-23-15)10-3-5-19-6-4-10/h1-7,9H,8H2,(H,20,22). The molecule has 0 bridgehead atoms. The summed E-state index contributed by atoms with van der Waals surface area (Å²) < 4.78 is 26.0. The molecule has 0 radical (unpaired) electrons. The zero-order valence-corrected chi connectivity index (χ0v) is 12.6. The molecular weight excluding hydrogens is 320 g/mol. The number of rotatable bonds is 4. The van der Waals surface area contributed by atoms with Crippen molar-refractivity contribution in [1.29, 1.82) is 0 Å². The van der Waals surface area contributed by atoms with Crippen LogP contribution < -0.4 is 5.32 Å². The molecule has 3 aromatic rings. The molecule has 3 rings (SSSR count). The average molecular weight is 331 g/mol. The van der Waals surface area contributed by atoms with Crippen LogP contribution in [0.1, 0.15) is 15.4 Å². The number of nitrogens with one attached hydrogen (secondary N) is 1. The molecule has 0 aliphatic heterocycles. The third-order valence-electron chi connectivity index (χ3n) is 3.11. The zero-order valence-electron chi connectivity index (χ0n) is 11.8. The van der Waals surface area contributed by atoms with E-state index in [0.717, 1.165) is 23.4 Å². The Morgan fingerprint density at radius 1 is 1.13 bits per heavy atom. The number of carbonyl (C=O) groups excluding carboxylic acids is 1. The number of pyridine rings is 1. The predicted octanol–water partition coefficient (Wildman–Crippen LogP) is 3.41. The van der Waals surface area contributed by atoms with Crippen molar-refractivity contribution in [2.45, 2.75) is 6.54 Å². The summed E-state index contributed by atoms with van der Waals surface area (Å²) in [6.45, 7) is 0.216. The van der Waals surface area contributed by atoms with Crippen LogP contribution in [-0.4, -0.2) is 15.9 Å². The lowest BCUT2D eigenvalue weighted by Crippen LogP contribution is -2.22. The topological polar surface area (TPSA) is 54.9 Å². The van der Waals surface area contributed by atoms with Crippen molar-refractivity contribution in [3.8, 4) is 11.3 Å². The second-order valence-corrected chi connectivity index (χ2v) is 5.62. The van der Waals surface area contributed by atoms with Gasteiger partial charge in [0.1, 0.15) is 5.01 Å². The number of hydrogen-bond acceptors (Lipinski definition) is 4. The van der Waals surface area contributed by atoms with Crippen LogP contribution in [0, 0.1) is 11.6 Å². The van der Waals surface area contributed by atoms with Gasteiger partial charge in [-0.15, -0.1) is 11.3 Å². The predicted molar refractivity (Wildman–Crippen MR) is 82.9 cm³/mol. The molecule has 23 heavy (non-hydrogen) atoms. The van der Waals surface area contributed by atoms with Crippen LogP contribution in [0.2, 0.25) is 0 Å². The Labute approximate surface area is 134 Å². The fourth-order valence-electron chi connectivity index (χ4n) is 1.94. The fraction of sp³-hybridized carbons (Fsp3) is 0.0625. The smallest absolute Gasteiger partial charge is 0.251 e. The van der Waals surface area contributed by atoms with Crippen molar-refractivity contribution in [2.75, 3.05) is 0 Å². The first-order valence-corrected chi connectivity index (χ1v) is 7.59. The summed E-state index contributed by atoms with van der Waals surface area (Å²) in [6.07, 6.45) is 3.36. The maximum absolute atomic E-state index is 13.1. The Bertz CT molecular complexity index is 836. The first-order chi connectivity index (χ1) is 11.1. The summed E-state index contributed by atoms with van der Waals surface area (Å²) in [7, 11) is 0. The molecular formula is C16H11F2N3OS. The number of aromatic nitrogens is 2. The summed E-state index contributed by atoms with van der Waals surface area (Å²) in [5.74, 6) is -2.51. The lowest BCUT2D eigenvalue weighted by atomic mass is 10.2. The normalized spacial score (nSPS) is 10.5. The minimum atomic E-state index is -1.05. The molecule has 0 aliphatic carbocycles. The third-order valence-corrected chi connectivity index (χ3v) is 3.96. The van der Waals surface area contributed by atoms with Gasteiger partial charge in [0, 0.05) is 28.9 Å². The second-order valence-electron chi connectivity index (χ2n) is 4.67. The van der Waals surface area contributed by atoms with E-state index in [-0.39, 0.29) is 12.1 Å². The van der Waals surface area contributed by atoms with E-state index in [0.29, 0.717) is 5.01 Å². The van der Waals surface area contributed by atoms with Crippen molar-refractivity contribution in [2.24, 2.45) is 0 Å². The third kappa shape index (κ3) is 3.57. The quantitative estimate of drug-likeness (QED) is 0.797. The van der Waals surface area contributed by atoms with Crippen LogP contribution >= 0.6 is 11.3 Å². The summed E-state index contributed by atoms with van der Waals surface area (Å²) >= 11 is 1.41. The van der Waals surface area contributed by atoms with Gasteiger partial charge in [-0.3, -0.25) is 9.78 Å². The minimum absolute atomic E-state index is 0.0646. The number of hydrogen-bond donors (Lipinski definition) is 1. The lowest BCUT2D eigenvalue weighted by Gasteiger charge is -2.03. The minimum Gasteiger partial charge on any atom is -0.346 e. The van der Waals surface area contributed by atoms with Crippen molar-refractivity contribution >= 4 is 17.2 Å². The summed E-state index contributed by atoms with van der Waals surface area (Å²) in [4.78, 5) is 20.3. The molecule has 0 aliphatic rings. The first kappa shape index (κ1) is 15.2. The van der Waals surface area contributed by atoms with Gasteiger partial charge in [0.25, 0.3) is 5.91 Å². The maximum atomic E-state index is 13.1. The van der Waals surface area contributed by atoms with E-state index in [1.54, 1.807) is 12.4 Å². The van der Waals surface area contributed by atoms with E-state index in [1.165, 1.54) is 17.4 Å². The largest absolute Gasteiger partial charge is 0.346 e. The van der Waals surface area contributed by atoms with Gasteiger partial charge in [0.2, 0.25) is 0 Å². The molecule has 0 fully saturated rings. The summed E-state index contributed by atoms with van der Waals surface area (Å²) in [5, 5.41) is 5.23. The van der Waals surface area contributed by atoms with Gasteiger partial charge in [-0.25, -0.2) is 13.8 Å². The lowest BCUT2D eigenvalue weighted by molar-refractivity contribution is 0.0950. The number of benzene rings is 1. The van der Waals surface area contributed by atoms with E-state index in [2.05, 4.69) is 15.3 Å². The van der Waals surface area contributed by atoms with Crippen LogP contribution in [0.15, 0.2) is 48.1 Å². The molecule has 0 unspecified atom stereocenters. The molecule has 1 amide bonds. The first-order valence-electron chi connectivity index (χ1n) is 6.71. The van der Waals surface area contributed by atoms with E-state index in [1.807, 2.05) is 17.5 Å². The van der Waals surface area contributed by atoms with Crippen LogP contribution in [0.25, 0.3) is 11.3 Å². The molecule has 2 heterocycles. The molecule has 1 aromatic carbocycles. The van der Waals surface area contributed by atoms with Crippen LogP contribution in [-0.2, 0) is 6.54 Å². The number of carbonyl (C=O) groups is 1. The van der Waals surface area contributed by atoms with Crippen LogP contribution in [0.4, 0.5) is 8.78 Å². The van der Waals surface area contributed by atoms with Crippen LogP contribution in [0.5, 0.6) is 0 Å².